The number of ether oxygens (including phenoxy) is 2. The van der Waals surface area contributed by atoms with Crippen LogP contribution >= 0.6 is 0 Å². The molecular weight excluding hydrogens is 352 g/mol. The summed E-state index contributed by atoms with van der Waals surface area (Å²) in [6, 6.07) is 3.94. The molecule has 6 nitrogen and oxygen atoms in total. The summed E-state index contributed by atoms with van der Waals surface area (Å²) in [6.07, 6.45) is 8.89. The fourth-order valence-electron chi connectivity index (χ4n) is 4.34. The minimum Gasteiger partial charge on any atom is -0.377 e. The van der Waals surface area contributed by atoms with Gasteiger partial charge < -0.3 is 9.47 Å². The lowest BCUT2D eigenvalue weighted by molar-refractivity contribution is -0.0618. The zero-order chi connectivity index (χ0) is 18.0. The summed E-state index contributed by atoms with van der Waals surface area (Å²) in [5, 5.41) is -0.113. The molecule has 0 aromatic carbocycles. The van der Waals surface area contributed by atoms with Gasteiger partial charge in [-0.05, 0) is 56.1 Å². The predicted molar refractivity (Wildman–Crippen MR) is 98.0 cm³/mol. The van der Waals surface area contributed by atoms with Crippen molar-refractivity contribution in [1.82, 2.24) is 9.29 Å². The fraction of sp³-hybridized carbons (Fsp3) is 0.737. The van der Waals surface area contributed by atoms with Crippen LogP contribution in [0.15, 0.2) is 24.5 Å². The van der Waals surface area contributed by atoms with Crippen LogP contribution in [0.5, 0.6) is 0 Å². The lowest BCUT2D eigenvalue weighted by Gasteiger charge is -2.41. The average molecular weight is 381 g/mol. The van der Waals surface area contributed by atoms with Crippen molar-refractivity contribution in [2.45, 2.75) is 56.0 Å². The summed E-state index contributed by atoms with van der Waals surface area (Å²) in [6.45, 7) is 3.27. The number of aromatic nitrogens is 1. The quantitative estimate of drug-likeness (QED) is 0.679. The zero-order valence-electron chi connectivity index (χ0n) is 15.2. The molecule has 26 heavy (non-hydrogen) atoms. The van der Waals surface area contributed by atoms with E-state index in [1.807, 2.05) is 18.3 Å². The zero-order valence-corrected chi connectivity index (χ0v) is 16.0. The lowest BCUT2D eigenvalue weighted by Crippen LogP contribution is -2.50. The van der Waals surface area contributed by atoms with Crippen LogP contribution in [-0.2, 0) is 26.1 Å². The van der Waals surface area contributed by atoms with Crippen molar-refractivity contribution in [3.8, 4) is 0 Å². The molecular formula is C19H28N2O4S. The van der Waals surface area contributed by atoms with Gasteiger partial charge in [0.05, 0.1) is 17.5 Å². The molecule has 7 heteroatoms. The molecule has 0 unspecified atom stereocenters. The summed E-state index contributed by atoms with van der Waals surface area (Å²) < 4.78 is 38.6. The Hall–Kier alpha value is -1.02. The first kappa shape index (κ1) is 18.3. The molecule has 1 saturated carbocycles. The molecule has 0 bridgehead atoms. The van der Waals surface area contributed by atoms with Crippen molar-refractivity contribution < 1.29 is 17.9 Å². The molecule has 0 N–H and O–H groups in total. The van der Waals surface area contributed by atoms with E-state index >= 15 is 0 Å². The van der Waals surface area contributed by atoms with Gasteiger partial charge in [0.1, 0.15) is 0 Å². The second-order valence-corrected chi connectivity index (χ2v) is 9.96. The Morgan fingerprint density at radius 3 is 2.77 bits per heavy atom. The number of piperidine rings is 1. The van der Waals surface area contributed by atoms with Crippen molar-refractivity contribution in [3.63, 3.8) is 0 Å². The normalized spacial score (nSPS) is 26.4. The summed E-state index contributed by atoms with van der Waals surface area (Å²) in [4.78, 5) is 4.10. The molecule has 2 saturated heterocycles. The molecule has 1 aromatic rings. The first-order valence-corrected chi connectivity index (χ1v) is 11.2. The number of pyridine rings is 1. The molecule has 0 amide bonds. The van der Waals surface area contributed by atoms with E-state index in [2.05, 4.69) is 4.98 Å². The molecule has 2 aliphatic heterocycles. The Balaban J connectivity index is 1.27. The highest BCUT2D eigenvalue weighted by molar-refractivity contribution is 7.90. The van der Waals surface area contributed by atoms with Gasteiger partial charge in [-0.3, -0.25) is 4.98 Å². The van der Waals surface area contributed by atoms with E-state index in [1.54, 1.807) is 10.5 Å². The maximum atomic E-state index is 12.4. The van der Waals surface area contributed by atoms with Gasteiger partial charge in [0.25, 0.3) is 0 Å². The van der Waals surface area contributed by atoms with Gasteiger partial charge in [-0.2, -0.15) is 0 Å². The minimum absolute atomic E-state index is 0.113. The van der Waals surface area contributed by atoms with Crippen LogP contribution in [-0.4, -0.2) is 54.9 Å². The number of rotatable bonds is 7. The first-order chi connectivity index (χ1) is 12.6. The SMILES string of the molecule is O=S(=O)(C1CC1)N1CCC2(CC1)OCC[C@@H]2CCOCc1cccnc1. The van der Waals surface area contributed by atoms with Gasteiger partial charge in [0.2, 0.25) is 10.0 Å². The number of nitrogens with zero attached hydrogens (tertiary/aromatic N) is 2. The standard InChI is InChI=1S/C19H28N2O4S/c22-26(23,18-3-4-18)21-10-7-19(8-11-21)17(6-13-25-19)5-12-24-15-16-2-1-9-20-14-16/h1-2,9,14,17-18H,3-8,10-13,15H2/t17-/m0/s1. The van der Waals surface area contributed by atoms with E-state index < -0.39 is 10.0 Å². The topological polar surface area (TPSA) is 68.7 Å². The number of hydrogen-bond acceptors (Lipinski definition) is 5. The Morgan fingerprint density at radius 2 is 2.08 bits per heavy atom. The molecule has 3 heterocycles. The number of hydrogen-bond donors (Lipinski definition) is 0. The highest BCUT2D eigenvalue weighted by Gasteiger charge is 2.49. The summed E-state index contributed by atoms with van der Waals surface area (Å²) in [5.74, 6) is 0.460. The van der Waals surface area contributed by atoms with Crippen LogP contribution in [0.1, 0.15) is 44.1 Å². The van der Waals surface area contributed by atoms with Gasteiger partial charge in [-0.15, -0.1) is 0 Å². The van der Waals surface area contributed by atoms with Gasteiger partial charge in [-0.25, -0.2) is 12.7 Å². The van der Waals surface area contributed by atoms with Crippen LogP contribution in [0.3, 0.4) is 0 Å². The maximum Gasteiger partial charge on any atom is 0.216 e. The highest BCUT2D eigenvalue weighted by atomic mass is 32.2. The average Bonchev–Trinajstić information content (AvgIpc) is 3.45. The third-order valence-electron chi connectivity index (χ3n) is 6.08. The maximum absolute atomic E-state index is 12.4. The smallest absolute Gasteiger partial charge is 0.216 e. The Labute approximate surface area is 155 Å². The Bertz CT molecular complexity index is 698. The van der Waals surface area contributed by atoms with E-state index in [9.17, 15) is 8.42 Å². The van der Waals surface area contributed by atoms with E-state index in [0.717, 1.165) is 50.7 Å². The molecule has 1 atom stereocenters. The largest absolute Gasteiger partial charge is 0.377 e. The van der Waals surface area contributed by atoms with Crippen LogP contribution in [0, 0.1) is 5.92 Å². The van der Waals surface area contributed by atoms with E-state index in [0.29, 0.717) is 32.2 Å². The highest BCUT2D eigenvalue weighted by Crippen LogP contribution is 2.44. The van der Waals surface area contributed by atoms with Crippen LogP contribution < -0.4 is 0 Å². The summed E-state index contributed by atoms with van der Waals surface area (Å²) in [5.41, 5.74) is 0.941. The van der Waals surface area contributed by atoms with Crippen molar-refractivity contribution in [2.75, 3.05) is 26.3 Å². The predicted octanol–water partition coefficient (Wildman–Crippen LogP) is 2.35. The third kappa shape index (κ3) is 3.81. The van der Waals surface area contributed by atoms with Gasteiger partial charge in [-0.1, -0.05) is 6.07 Å². The summed E-state index contributed by atoms with van der Waals surface area (Å²) >= 11 is 0. The van der Waals surface area contributed by atoms with E-state index in [1.165, 1.54) is 0 Å². The molecule has 1 aromatic heterocycles. The Morgan fingerprint density at radius 1 is 1.27 bits per heavy atom. The van der Waals surface area contributed by atoms with Crippen LogP contribution in [0.4, 0.5) is 0 Å². The molecule has 1 aliphatic carbocycles. The molecule has 1 spiro atoms. The Kier molecular flexibility index (Phi) is 5.32. The van der Waals surface area contributed by atoms with Crippen LogP contribution in [0.25, 0.3) is 0 Å². The molecule has 3 fully saturated rings. The second kappa shape index (κ2) is 7.54. The molecule has 0 radical (unpaired) electrons. The van der Waals surface area contributed by atoms with Gasteiger partial charge in [0.15, 0.2) is 0 Å². The molecule has 4 rings (SSSR count). The van der Waals surface area contributed by atoms with Gasteiger partial charge in [0, 0.05) is 38.7 Å². The van der Waals surface area contributed by atoms with Crippen molar-refractivity contribution in [2.24, 2.45) is 5.92 Å². The van der Waals surface area contributed by atoms with Crippen molar-refractivity contribution in [1.29, 1.82) is 0 Å². The second-order valence-electron chi connectivity index (χ2n) is 7.74. The van der Waals surface area contributed by atoms with E-state index in [-0.39, 0.29) is 10.9 Å². The van der Waals surface area contributed by atoms with Crippen LogP contribution in [0.2, 0.25) is 0 Å². The summed E-state index contributed by atoms with van der Waals surface area (Å²) in [7, 11) is -3.06. The van der Waals surface area contributed by atoms with Gasteiger partial charge >= 0.3 is 0 Å². The molecule has 144 valence electrons. The van der Waals surface area contributed by atoms with Crippen molar-refractivity contribution >= 4 is 10.0 Å². The lowest BCUT2D eigenvalue weighted by atomic mass is 9.78. The fourth-order valence-corrected chi connectivity index (χ4v) is 6.19. The monoisotopic (exact) mass is 380 g/mol. The third-order valence-corrected chi connectivity index (χ3v) is 8.48. The number of sulfonamides is 1. The molecule has 3 aliphatic rings. The van der Waals surface area contributed by atoms with Crippen molar-refractivity contribution in [3.05, 3.63) is 30.1 Å². The minimum atomic E-state index is -3.06. The van der Waals surface area contributed by atoms with E-state index in [4.69, 9.17) is 9.47 Å². The first-order valence-electron chi connectivity index (χ1n) is 9.70.